The maximum absolute atomic E-state index is 12.8. The van der Waals surface area contributed by atoms with Gasteiger partial charge in [0.25, 0.3) is 0 Å². The minimum absolute atomic E-state index is 0.0365. The van der Waals surface area contributed by atoms with Crippen LogP contribution in [0.4, 0.5) is 5.69 Å². The summed E-state index contributed by atoms with van der Waals surface area (Å²) in [6.07, 6.45) is 2.91. The van der Waals surface area contributed by atoms with Crippen LogP contribution < -0.4 is 5.73 Å². The van der Waals surface area contributed by atoms with Crippen molar-refractivity contribution in [3.63, 3.8) is 0 Å². The summed E-state index contributed by atoms with van der Waals surface area (Å²) in [5, 5.41) is 0. The fraction of sp³-hybridized carbons (Fsp3) is 0.571. The van der Waals surface area contributed by atoms with Crippen LogP contribution in [0.25, 0.3) is 0 Å². The fourth-order valence-electron chi connectivity index (χ4n) is 2.89. The lowest BCUT2D eigenvalue weighted by Crippen LogP contribution is -2.47. The van der Waals surface area contributed by atoms with Gasteiger partial charge in [0.2, 0.25) is 10.0 Å². The lowest BCUT2D eigenvalue weighted by atomic mass is 10.0. The van der Waals surface area contributed by atoms with E-state index in [1.807, 2.05) is 20.8 Å². The normalized spacial score (nSPS) is 25.4. The minimum atomic E-state index is -3.50. The molecule has 1 aromatic rings. The molecule has 1 saturated heterocycles. The first-order chi connectivity index (χ1) is 8.84. The number of hydrogen-bond acceptors (Lipinski definition) is 3. The number of nitrogen functional groups attached to an aromatic ring is 1. The highest BCUT2D eigenvalue weighted by atomic mass is 32.2. The van der Waals surface area contributed by atoms with Gasteiger partial charge in [0.1, 0.15) is 4.90 Å². The van der Waals surface area contributed by atoms with Gasteiger partial charge in [-0.2, -0.15) is 4.31 Å². The molecule has 5 heteroatoms. The predicted octanol–water partition coefficient (Wildman–Crippen LogP) is 2.53. The quantitative estimate of drug-likeness (QED) is 0.848. The zero-order chi connectivity index (χ0) is 14.2. The molecule has 0 saturated carbocycles. The van der Waals surface area contributed by atoms with Gasteiger partial charge < -0.3 is 5.73 Å². The Morgan fingerprint density at radius 1 is 1.21 bits per heavy atom. The maximum Gasteiger partial charge on any atom is 0.245 e. The smallest absolute Gasteiger partial charge is 0.245 e. The molecule has 0 spiro atoms. The summed E-state index contributed by atoms with van der Waals surface area (Å²) in [6.45, 7) is 5.84. The van der Waals surface area contributed by atoms with Crippen LogP contribution in [0.5, 0.6) is 0 Å². The number of hydrogen-bond donors (Lipinski definition) is 1. The number of aryl methyl sites for hydroxylation is 1. The maximum atomic E-state index is 12.8. The Hall–Kier alpha value is -1.07. The molecule has 1 fully saturated rings. The van der Waals surface area contributed by atoms with E-state index < -0.39 is 10.0 Å². The third kappa shape index (κ3) is 2.62. The molecular formula is C14H22N2O2S. The molecule has 1 heterocycles. The predicted molar refractivity (Wildman–Crippen MR) is 77.4 cm³/mol. The minimum Gasteiger partial charge on any atom is -0.398 e. The molecule has 0 aliphatic carbocycles. The van der Waals surface area contributed by atoms with Crippen LogP contribution in [0.15, 0.2) is 23.1 Å². The van der Waals surface area contributed by atoms with Crippen LogP contribution in [0.2, 0.25) is 0 Å². The number of piperidine rings is 1. The monoisotopic (exact) mass is 282 g/mol. The Bertz CT molecular complexity index is 559. The molecule has 0 bridgehead atoms. The number of anilines is 1. The van der Waals surface area contributed by atoms with Gasteiger partial charge in [-0.25, -0.2) is 8.42 Å². The van der Waals surface area contributed by atoms with Crippen LogP contribution >= 0.6 is 0 Å². The van der Waals surface area contributed by atoms with E-state index >= 15 is 0 Å². The highest BCUT2D eigenvalue weighted by Gasteiger charge is 2.36. The van der Waals surface area contributed by atoms with E-state index in [1.54, 1.807) is 22.5 Å². The van der Waals surface area contributed by atoms with Gasteiger partial charge in [-0.1, -0.05) is 12.5 Å². The number of sulfonamides is 1. The van der Waals surface area contributed by atoms with Gasteiger partial charge in [0.05, 0.1) is 5.69 Å². The van der Waals surface area contributed by atoms with Crippen molar-refractivity contribution in [3.05, 3.63) is 23.8 Å². The molecule has 0 radical (unpaired) electrons. The summed E-state index contributed by atoms with van der Waals surface area (Å²) >= 11 is 0. The van der Waals surface area contributed by atoms with Crippen molar-refractivity contribution in [3.8, 4) is 0 Å². The molecule has 0 aromatic heterocycles. The first-order valence-electron chi connectivity index (χ1n) is 6.73. The van der Waals surface area contributed by atoms with E-state index in [1.165, 1.54) is 0 Å². The first-order valence-corrected chi connectivity index (χ1v) is 8.17. The van der Waals surface area contributed by atoms with Gasteiger partial charge in [-0.15, -0.1) is 0 Å². The highest BCUT2D eigenvalue weighted by Crippen LogP contribution is 2.31. The topological polar surface area (TPSA) is 63.4 Å². The largest absolute Gasteiger partial charge is 0.398 e. The molecule has 106 valence electrons. The molecule has 1 aromatic carbocycles. The Morgan fingerprint density at radius 2 is 1.79 bits per heavy atom. The van der Waals surface area contributed by atoms with Crippen LogP contribution in [0.3, 0.4) is 0 Å². The first kappa shape index (κ1) is 14.3. The van der Waals surface area contributed by atoms with E-state index in [0.29, 0.717) is 5.69 Å². The van der Waals surface area contributed by atoms with Crippen molar-refractivity contribution in [1.29, 1.82) is 0 Å². The SMILES string of the molecule is Cc1ccc(S(=O)(=O)N2C(C)CCCC2C)c(N)c1. The molecule has 2 rings (SSSR count). The summed E-state index contributed by atoms with van der Waals surface area (Å²) < 4.78 is 27.2. The van der Waals surface area contributed by atoms with Crippen LogP contribution in [0.1, 0.15) is 38.7 Å². The number of rotatable bonds is 2. The second kappa shape index (κ2) is 5.13. The van der Waals surface area contributed by atoms with Crippen LogP contribution in [-0.2, 0) is 10.0 Å². The standard InChI is InChI=1S/C14H22N2O2S/c1-10-7-8-14(13(15)9-10)19(17,18)16-11(2)5-4-6-12(16)3/h7-9,11-12H,4-6,15H2,1-3H3. The van der Waals surface area contributed by atoms with E-state index in [9.17, 15) is 8.42 Å². The Labute approximate surface area is 115 Å². The third-order valence-corrected chi connectivity index (χ3v) is 6.04. The Balaban J connectivity index is 2.46. The second-order valence-electron chi connectivity index (χ2n) is 5.51. The zero-order valence-corrected chi connectivity index (χ0v) is 12.6. The molecule has 0 amide bonds. The molecule has 2 atom stereocenters. The van der Waals surface area contributed by atoms with Crippen molar-refractivity contribution in [2.24, 2.45) is 0 Å². The molecule has 19 heavy (non-hydrogen) atoms. The van der Waals surface area contributed by atoms with E-state index in [0.717, 1.165) is 24.8 Å². The molecule has 4 nitrogen and oxygen atoms in total. The highest BCUT2D eigenvalue weighted by molar-refractivity contribution is 7.89. The van der Waals surface area contributed by atoms with Crippen LogP contribution in [0, 0.1) is 6.92 Å². The lowest BCUT2D eigenvalue weighted by Gasteiger charge is -2.37. The number of nitrogens with two attached hydrogens (primary N) is 1. The van der Waals surface area contributed by atoms with Crippen molar-refractivity contribution in [1.82, 2.24) is 4.31 Å². The summed E-state index contributed by atoms with van der Waals surface area (Å²) in [5.74, 6) is 0. The number of benzene rings is 1. The molecule has 1 aliphatic rings. The van der Waals surface area contributed by atoms with Crippen molar-refractivity contribution >= 4 is 15.7 Å². The molecule has 2 N–H and O–H groups in total. The van der Waals surface area contributed by atoms with Gasteiger partial charge >= 0.3 is 0 Å². The Morgan fingerprint density at radius 3 is 2.32 bits per heavy atom. The summed E-state index contributed by atoms with van der Waals surface area (Å²) in [4.78, 5) is 0.235. The van der Waals surface area contributed by atoms with Gasteiger partial charge in [-0.05, 0) is 51.3 Å². The van der Waals surface area contributed by atoms with Crippen molar-refractivity contribution < 1.29 is 8.42 Å². The van der Waals surface area contributed by atoms with Crippen molar-refractivity contribution in [2.45, 2.75) is 57.0 Å². The average molecular weight is 282 g/mol. The van der Waals surface area contributed by atoms with Gasteiger partial charge in [-0.3, -0.25) is 0 Å². The molecule has 1 aliphatic heterocycles. The summed E-state index contributed by atoms with van der Waals surface area (Å²) in [5.41, 5.74) is 7.21. The fourth-order valence-corrected chi connectivity index (χ4v) is 4.87. The second-order valence-corrected chi connectivity index (χ2v) is 7.32. The Kier molecular flexibility index (Phi) is 3.87. The van der Waals surface area contributed by atoms with Crippen molar-refractivity contribution in [2.75, 3.05) is 5.73 Å². The third-order valence-electron chi connectivity index (χ3n) is 3.83. The molecule has 2 unspecified atom stereocenters. The van der Waals surface area contributed by atoms with E-state index in [2.05, 4.69) is 0 Å². The van der Waals surface area contributed by atoms with E-state index in [-0.39, 0.29) is 17.0 Å². The number of nitrogens with zero attached hydrogens (tertiary/aromatic N) is 1. The van der Waals surface area contributed by atoms with Crippen LogP contribution in [-0.4, -0.2) is 24.8 Å². The molecular weight excluding hydrogens is 260 g/mol. The van der Waals surface area contributed by atoms with E-state index in [4.69, 9.17) is 5.73 Å². The average Bonchev–Trinajstić information content (AvgIpc) is 2.27. The summed E-state index contributed by atoms with van der Waals surface area (Å²) in [6, 6.07) is 5.20. The van der Waals surface area contributed by atoms with Gasteiger partial charge in [0, 0.05) is 12.1 Å². The zero-order valence-electron chi connectivity index (χ0n) is 11.8. The van der Waals surface area contributed by atoms with Gasteiger partial charge in [0.15, 0.2) is 0 Å². The summed E-state index contributed by atoms with van der Waals surface area (Å²) in [7, 11) is -3.50. The lowest BCUT2D eigenvalue weighted by molar-refractivity contribution is 0.204.